The lowest BCUT2D eigenvalue weighted by atomic mass is 10.2. The summed E-state index contributed by atoms with van der Waals surface area (Å²) in [5.41, 5.74) is -4.72. The first kappa shape index (κ1) is 18.4. The fraction of sp³-hybridized carbons (Fsp3) is 0.364. The van der Waals surface area contributed by atoms with Crippen molar-refractivity contribution in [1.82, 2.24) is 10.6 Å². The zero-order chi connectivity index (χ0) is 17.0. The van der Waals surface area contributed by atoms with Crippen LogP contribution >= 0.6 is 11.8 Å². The number of urea groups is 1. The van der Waals surface area contributed by atoms with E-state index in [9.17, 15) is 35.5 Å². The number of amides is 2. The van der Waals surface area contributed by atoms with Gasteiger partial charge in [0.25, 0.3) is 0 Å². The molecule has 0 radical (unpaired) electrons. The third-order valence-corrected chi connectivity index (χ3v) is 2.87. The molecule has 11 heteroatoms. The minimum absolute atomic E-state index is 0.159. The fourth-order valence-electron chi connectivity index (χ4n) is 1.29. The largest absolute Gasteiger partial charge is 0.446 e. The van der Waals surface area contributed by atoms with Gasteiger partial charge in [0, 0.05) is 17.0 Å². The van der Waals surface area contributed by atoms with Crippen LogP contribution in [0.3, 0.4) is 0 Å². The van der Waals surface area contributed by atoms with Crippen LogP contribution in [0.25, 0.3) is 0 Å². The molecule has 0 spiro atoms. The van der Waals surface area contributed by atoms with Crippen molar-refractivity contribution in [2.75, 3.05) is 6.54 Å². The van der Waals surface area contributed by atoms with Gasteiger partial charge in [-0.3, -0.25) is 0 Å². The highest BCUT2D eigenvalue weighted by atomic mass is 32.2. The Bertz CT molecular complexity index is 530. The standard InChI is InChI=1S/C11H9F7N2OS/c12-8-3-7(22-11(16,17)18)2-1-6(8)4-19-9(21)20-5-10(13,14)15/h1-3H,4-5H2,(H2,19,20,21). The average molecular weight is 350 g/mol. The van der Waals surface area contributed by atoms with Crippen molar-refractivity contribution in [1.29, 1.82) is 0 Å². The molecule has 1 aromatic carbocycles. The second kappa shape index (κ2) is 7.07. The van der Waals surface area contributed by atoms with E-state index in [0.29, 0.717) is 6.07 Å². The Morgan fingerprint density at radius 3 is 2.23 bits per heavy atom. The monoisotopic (exact) mass is 350 g/mol. The molecular formula is C11H9F7N2OS. The number of carbonyl (C=O) groups is 1. The molecule has 124 valence electrons. The van der Waals surface area contributed by atoms with Gasteiger partial charge >= 0.3 is 17.7 Å². The smallest absolute Gasteiger partial charge is 0.334 e. The molecule has 1 aromatic rings. The Hall–Kier alpha value is -1.65. The van der Waals surface area contributed by atoms with Crippen LogP contribution < -0.4 is 10.6 Å². The van der Waals surface area contributed by atoms with Gasteiger partial charge in [-0.1, -0.05) is 6.07 Å². The van der Waals surface area contributed by atoms with Crippen LogP contribution in [-0.2, 0) is 6.54 Å². The summed E-state index contributed by atoms with van der Waals surface area (Å²) in [5.74, 6) is -1.01. The molecule has 2 N–H and O–H groups in total. The van der Waals surface area contributed by atoms with Crippen molar-refractivity contribution < 1.29 is 35.5 Å². The molecule has 0 heterocycles. The lowest BCUT2D eigenvalue weighted by Gasteiger charge is -2.11. The Kier molecular flexibility index (Phi) is 5.92. The van der Waals surface area contributed by atoms with Crippen molar-refractivity contribution in [2.24, 2.45) is 0 Å². The van der Waals surface area contributed by atoms with Crippen molar-refractivity contribution in [3.8, 4) is 0 Å². The summed E-state index contributed by atoms with van der Waals surface area (Å²) in [6.45, 7) is -2.02. The number of benzene rings is 1. The van der Waals surface area contributed by atoms with E-state index in [4.69, 9.17) is 0 Å². The molecule has 22 heavy (non-hydrogen) atoms. The molecule has 0 aliphatic rings. The van der Waals surface area contributed by atoms with Crippen molar-refractivity contribution in [3.63, 3.8) is 0 Å². The topological polar surface area (TPSA) is 41.1 Å². The number of hydrogen-bond acceptors (Lipinski definition) is 2. The van der Waals surface area contributed by atoms with Crippen molar-refractivity contribution in [2.45, 2.75) is 23.1 Å². The van der Waals surface area contributed by atoms with E-state index in [0.717, 1.165) is 12.1 Å². The number of alkyl halides is 6. The van der Waals surface area contributed by atoms with Crippen LogP contribution in [0.2, 0.25) is 0 Å². The minimum Gasteiger partial charge on any atom is -0.334 e. The van der Waals surface area contributed by atoms with Gasteiger partial charge in [-0.2, -0.15) is 26.3 Å². The molecule has 0 atom stereocenters. The van der Waals surface area contributed by atoms with Crippen LogP contribution in [-0.4, -0.2) is 24.3 Å². The highest BCUT2D eigenvalue weighted by Crippen LogP contribution is 2.37. The highest BCUT2D eigenvalue weighted by molar-refractivity contribution is 8.00. The van der Waals surface area contributed by atoms with Crippen LogP contribution in [0.4, 0.5) is 35.5 Å². The average Bonchev–Trinajstić information content (AvgIpc) is 2.32. The molecule has 0 aromatic heterocycles. The molecule has 0 saturated carbocycles. The Labute approximate surface area is 124 Å². The van der Waals surface area contributed by atoms with Crippen LogP contribution in [0.15, 0.2) is 23.1 Å². The summed E-state index contributed by atoms with van der Waals surface area (Å²) in [4.78, 5) is 10.7. The molecule has 2 amide bonds. The molecular weight excluding hydrogens is 341 g/mol. The number of nitrogens with one attached hydrogen (secondary N) is 2. The van der Waals surface area contributed by atoms with Gasteiger partial charge in [0.15, 0.2) is 0 Å². The van der Waals surface area contributed by atoms with Gasteiger partial charge in [0.05, 0.1) is 0 Å². The predicted molar refractivity (Wildman–Crippen MR) is 64.6 cm³/mol. The van der Waals surface area contributed by atoms with Gasteiger partial charge < -0.3 is 10.6 Å². The second-order valence-electron chi connectivity index (χ2n) is 3.95. The van der Waals surface area contributed by atoms with Crippen LogP contribution in [0, 0.1) is 5.82 Å². The van der Waals surface area contributed by atoms with Crippen LogP contribution in [0.1, 0.15) is 5.56 Å². The summed E-state index contributed by atoms with van der Waals surface area (Å²) >= 11 is -0.506. The number of halogens is 7. The summed E-state index contributed by atoms with van der Waals surface area (Å²) in [6, 6.07) is 1.45. The highest BCUT2D eigenvalue weighted by Gasteiger charge is 2.29. The number of hydrogen-bond donors (Lipinski definition) is 2. The number of rotatable bonds is 4. The molecule has 1 rings (SSSR count). The van der Waals surface area contributed by atoms with E-state index in [1.807, 2.05) is 5.32 Å². The summed E-state index contributed by atoms with van der Waals surface area (Å²) < 4.78 is 85.3. The van der Waals surface area contributed by atoms with E-state index in [2.05, 4.69) is 0 Å². The van der Waals surface area contributed by atoms with E-state index < -0.39 is 48.4 Å². The van der Waals surface area contributed by atoms with Gasteiger partial charge in [0.1, 0.15) is 12.4 Å². The quantitative estimate of drug-likeness (QED) is 0.641. The molecule has 0 unspecified atom stereocenters. The maximum Gasteiger partial charge on any atom is 0.446 e. The Balaban J connectivity index is 2.55. The van der Waals surface area contributed by atoms with Crippen LogP contribution in [0.5, 0.6) is 0 Å². The van der Waals surface area contributed by atoms with E-state index in [1.165, 1.54) is 5.32 Å². The number of thioether (sulfide) groups is 1. The third kappa shape index (κ3) is 7.38. The molecule has 0 saturated heterocycles. The van der Waals surface area contributed by atoms with Crippen molar-refractivity contribution in [3.05, 3.63) is 29.6 Å². The molecule has 0 fully saturated rings. The first-order valence-corrected chi connectivity index (χ1v) is 6.40. The molecule has 0 aliphatic heterocycles. The lowest BCUT2D eigenvalue weighted by molar-refractivity contribution is -0.122. The zero-order valence-corrected chi connectivity index (χ0v) is 11.4. The fourth-order valence-corrected chi connectivity index (χ4v) is 1.85. The van der Waals surface area contributed by atoms with Crippen molar-refractivity contribution >= 4 is 17.8 Å². The zero-order valence-electron chi connectivity index (χ0n) is 10.6. The van der Waals surface area contributed by atoms with E-state index in [-0.39, 0.29) is 10.5 Å². The minimum atomic E-state index is -4.58. The Morgan fingerprint density at radius 2 is 1.73 bits per heavy atom. The third-order valence-electron chi connectivity index (χ3n) is 2.15. The van der Waals surface area contributed by atoms with Gasteiger partial charge in [-0.25, -0.2) is 9.18 Å². The van der Waals surface area contributed by atoms with Gasteiger partial charge in [0.2, 0.25) is 0 Å². The summed E-state index contributed by atoms with van der Waals surface area (Å²) in [7, 11) is 0. The van der Waals surface area contributed by atoms with E-state index in [1.54, 1.807) is 0 Å². The first-order chi connectivity index (χ1) is 9.96. The Morgan fingerprint density at radius 1 is 1.09 bits per heavy atom. The second-order valence-corrected chi connectivity index (χ2v) is 5.09. The normalized spacial score (nSPS) is 12.1. The van der Waals surface area contributed by atoms with Gasteiger partial charge in [-0.05, 0) is 23.9 Å². The SMILES string of the molecule is O=C(NCc1ccc(SC(F)(F)F)cc1F)NCC(F)(F)F. The summed E-state index contributed by atoms with van der Waals surface area (Å²) in [5, 5.41) is 3.47. The lowest BCUT2D eigenvalue weighted by Crippen LogP contribution is -2.40. The molecule has 0 bridgehead atoms. The maximum absolute atomic E-state index is 13.5. The summed E-state index contributed by atoms with van der Waals surface area (Å²) in [6.07, 6.45) is -4.58. The maximum atomic E-state index is 13.5. The first-order valence-electron chi connectivity index (χ1n) is 5.59. The van der Waals surface area contributed by atoms with Gasteiger partial charge in [-0.15, -0.1) is 0 Å². The molecule has 3 nitrogen and oxygen atoms in total. The van der Waals surface area contributed by atoms with E-state index >= 15 is 0 Å². The number of carbonyl (C=O) groups excluding carboxylic acids is 1. The predicted octanol–water partition coefficient (Wildman–Crippen LogP) is 3.80. The molecule has 0 aliphatic carbocycles.